The molecule has 102 valence electrons. The van der Waals surface area contributed by atoms with Crippen LogP contribution in [0.15, 0.2) is 24.3 Å². The molecule has 19 heavy (non-hydrogen) atoms. The van der Waals surface area contributed by atoms with Crippen LogP contribution in [0.4, 0.5) is 5.95 Å². The number of para-hydroxylation sites is 2. The SMILES string of the molecule is OCCO[C@@H]1CCCN(c2nc3ccccc3[nH]2)C1. The zero-order valence-electron chi connectivity index (χ0n) is 10.9. The smallest absolute Gasteiger partial charge is 0.203 e. The quantitative estimate of drug-likeness (QED) is 0.876. The normalized spacial score (nSPS) is 20.1. The molecule has 0 saturated carbocycles. The molecule has 5 heteroatoms. The lowest BCUT2D eigenvalue weighted by molar-refractivity contribution is 0.0212. The molecule has 1 saturated heterocycles. The average Bonchev–Trinajstić information content (AvgIpc) is 2.89. The largest absolute Gasteiger partial charge is 0.394 e. The van der Waals surface area contributed by atoms with Gasteiger partial charge in [-0.1, -0.05) is 12.1 Å². The van der Waals surface area contributed by atoms with Gasteiger partial charge in [0.1, 0.15) is 0 Å². The molecule has 0 radical (unpaired) electrons. The second kappa shape index (κ2) is 5.59. The van der Waals surface area contributed by atoms with Gasteiger partial charge in [0, 0.05) is 13.1 Å². The van der Waals surface area contributed by atoms with E-state index in [1.165, 1.54) is 0 Å². The Morgan fingerprint density at radius 1 is 1.42 bits per heavy atom. The summed E-state index contributed by atoms with van der Waals surface area (Å²) in [4.78, 5) is 10.2. The zero-order valence-corrected chi connectivity index (χ0v) is 10.9. The minimum Gasteiger partial charge on any atom is -0.394 e. The number of H-pyrrole nitrogens is 1. The second-order valence-electron chi connectivity index (χ2n) is 4.88. The van der Waals surface area contributed by atoms with Gasteiger partial charge in [0.15, 0.2) is 0 Å². The van der Waals surface area contributed by atoms with E-state index < -0.39 is 0 Å². The highest BCUT2D eigenvalue weighted by atomic mass is 16.5. The van der Waals surface area contributed by atoms with Crippen molar-refractivity contribution in [1.29, 1.82) is 0 Å². The van der Waals surface area contributed by atoms with Crippen LogP contribution in [-0.4, -0.2) is 47.5 Å². The van der Waals surface area contributed by atoms with Crippen LogP contribution in [0.2, 0.25) is 0 Å². The van der Waals surface area contributed by atoms with E-state index in [-0.39, 0.29) is 12.7 Å². The third kappa shape index (κ3) is 2.72. The first-order chi connectivity index (χ1) is 9.36. The summed E-state index contributed by atoms with van der Waals surface area (Å²) in [6.07, 6.45) is 2.33. The van der Waals surface area contributed by atoms with Crippen molar-refractivity contribution in [2.75, 3.05) is 31.2 Å². The molecule has 0 spiro atoms. The number of piperidine rings is 1. The summed E-state index contributed by atoms with van der Waals surface area (Å²) in [6, 6.07) is 8.05. The monoisotopic (exact) mass is 261 g/mol. The third-order valence-electron chi connectivity index (χ3n) is 3.50. The molecule has 3 rings (SSSR count). The van der Waals surface area contributed by atoms with Gasteiger partial charge in [-0.3, -0.25) is 0 Å². The number of hydrogen-bond acceptors (Lipinski definition) is 4. The van der Waals surface area contributed by atoms with Crippen molar-refractivity contribution in [2.45, 2.75) is 18.9 Å². The van der Waals surface area contributed by atoms with E-state index in [2.05, 4.69) is 14.9 Å². The van der Waals surface area contributed by atoms with E-state index in [1.807, 2.05) is 24.3 Å². The minimum absolute atomic E-state index is 0.0845. The van der Waals surface area contributed by atoms with Gasteiger partial charge in [-0.25, -0.2) is 4.98 Å². The molecule has 1 aliphatic heterocycles. The number of ether oxygens (including phenoxy) is 1. The number of fused-ring (bicyclic) bond motifs is 1. The highest BCUT2D eigenvalue weighted by molar-refractivity contribution is 5.77. The molecule has 1 aromatic carbocycles. The number of nitrogens with zero attached hydrogens (tertiary/aromatic N) is 2. The zero-order chi connectivity index (χ0) is 13.1. The Balaban J connectivity index is 1.73. The number of aliphatic hydroxyl groups is 1. The van der Waals surface area contributed by atoms with Gasteiger partial charge in [-0.2, -0.15) is 0 Å². The second-order valence-corrected chi connectivity index (χ2v) is 4.88. The fraction of sp³-hybridized carbons (Fsp3) is 0.500. The maximum Gasteiger partial charge on any atom is 0.203 e. The van der Waals surface area contributed by atoms with Crippen LogP contribution in [-0.2, 0) is 4.74 Å². The van der Waals surface area contributed by atoms with E-state index >= 15 is 0 Å². The molecule has 0 amide bonds. The van der Waals surface area contributed by atoms with Crippen molar-refractivity contribution < 1.29 is 9.84 Å². The van der Waals surface area contributed by atoms with E-state index in [0.717, 1.165) is 42.9 Å². The lowest BCUT2D eigenvalue weighted by Crippen LogP contribution is -2.40. The predicted molar refractivity (Wildman–Crippen MR) is 74.4 cm³/mol. The van der Waals surface area contributed by atoms with Gasteiger partial charge in [0.2, 0.25) is 5.95 Å². The molecule has 2 heterocycles. The summed E-state index contributed by atoms with van der Waals surface area (Å²) in [5.41, 5.74) is 2.06. The van der Waals surface area contributed by atoms with Crippen LogP contribution >= 0.6 is 0 Å². The number of rotatable bonds is 4. The number of nitrogens with one attached hydrogen (secondary N) is 1. The van der Waals surface area contributed by atoms with E-state index in [0.29, 0.717) is 6.61 Å². The van der Waals surface area contributed by atoms with Gasteiger partial charge < -0.3 is 19.7 Å². The summed E-state index contributed by atoms with van der Waals surface area (Å²) in [6.45, 7) is 2.33. The van der Waals surface area contributed by atoms with Gasteiger partial charge in [0.05, 0.1) is 30.4 Å². The number of aromatic nitrogens is 2. The Kier molecular flexibility index (Phi) is 3.66. The highest BCUT2D eigenvalue weighted by Gasteiger charge is 2.22. The van der Waals surface area contributed by atoms with Crippen LogP contribution in [0.5, 0.6) is 0 Å². The lowest BCUT2D eigenvalue weighted by Gasteiger charge is -2.32. The maximum atomic E-state index is 8.82. The number of anilines is 1. The number of aliphatic hydroxyl groups excluding tert-OH is 1. The molecule has 0 unspecified atom stereocenters. The van der Waals surface area contributed by atoms with Crippen molar-refractivity contribution in [3.8, 4) is 0 Å². The molecule has 2 aromatic rings. The molecular weight excluding hydrogens is 242 g/mol. The Bertz CT molecular complexity index is 507. The van der Waals surface area contributed by atoms with Crippen molar-refractivity contribution in [3.63, 3.8) is 0 Å². The van der Waals surface area contributed by atoms with Crippen molar-refractivity contribution in [1.82, 2.24) is 9.97 Å². The van der Waals surface area contributed by atoms with Crippen LogP contribution in [0, 0.1) is 0 Å². The summed E-state index contributed by atoms with van der Waals surface area (Å²) < 4.78 is 5.62. The maximum absolute atomic E-state index is 8.82. The molecule has 0 bridgehead atoms. The lowest BCUT2D eigenvalue weighted by atomic mass is 10.1. The summed E-state index contributed by atoms with van der Waals surface area (Å²) in [5, 5.41) is 8.82. The molecule has 1 atom stereocenters. The van der Waals surface area contributed by atoms with Gasteiger partial charge in [0.25, 0.3) is 0 Å². The predicted octanol–water partition coefficient (Wildman–Crippen LogP) is 1.54. The fourth-order valence-electron chi connectivity index (χ4n) is 2.58. The summed E-state index contributed by atoms with van der Waals surface area (Å²) in [5.74, 6) is 0.915. The molecule has 2 N–H and O–H groups in total. The number of imidazole rings is 1. The molecule has 1 aliphatic rings. The first-order valence-electron chi connectivity index (χ1n) is 6.79. The fourth-order valence-corrected chi connectivity index (χ4v) is 2.58. The Labute approximate surface area is 112 Å². The van der Waals surface area contributed by atoms with E-state index in [9.17, 15) is 0 Å². The molecule has 0 aliphatic carbocycles. The van der Waals surface area contributed by atoms with Crippen LogP contribution < -0.4 is 4.90 Å². The standard InChI is InChI=1S/C14H19N3O2/c18-8-9-19-11-4-3-7-17(10-11)14-15-12-5-1-2-6-13(12)16-14/h1-2,5-6,11,18H,3-4,7-10H2,(H,15,16)/t11-/m1/s1. The van der Waals surface area contributed by atoms with Crippen LogP contribution in [0.25, 0.3) is 11.0 Å². The minimum atomic E-state index is 0.0845. The molecule has 1 aromatic heterocycles. The molecule has 5 nitrogen and oxygen atoms in total. The topological polar surface area (TPSA) is 61.4 Å². The molecular formula is C14H19N3O2. The van der Waals surface area contributed by atoms with Crippen LogP contribution in [0.3, 0.4) is 0 Å². The van der Waals surface area contributed by atoms with Crippen molar-refractivity contribution >= 4 is 17.0 Å². The van der Waals surface area contributed by atoms with Crippen LogP contribution in [0.1, 0.15) is 12.8 Å². The van der Waals surface area contributed by atoms with E-state index in [4.69, 9.17) is 9.84 Å². The summed E-state index contributed by atoms with van der Waals surface area (Å²) >= 11 is 0. The Morgan fingerprint density at radius 2 is 2.32 bits per heavy atom. The summed E-state index contributed by atoms with van der Waals surface area (Å²) in [7, 11) is 0. The van der Waals surface area contributed by atoms with Gasteiger partial charge in [-0.15, -0.1) is 0 Å². The average molecular weight is 261 g/mol. The number of benzene rings is 1. The van der Waals surface area contributed by atoms with Crippen molar-refractivity contribution in [3.05, 3.63) is 24.3 Å². The first-order valence-corrected chi connectivity index (χ1v) is 6.79. The number of aromatic amines is 1. The third-order valence-corrected chi connectivity index (χ3v) is 3.50. The van der Waals surface area contributed by atoms with Crippen molar-refractivity contribution in [2.24, 2.45) is 0 Å². The number of hydrogen-bond donors (Lipinski definition) is 2. The highest BCUT2D eigenvalue weighted by Crippen LogP contribution is 2.21. The van der Waals surface area contributed by atoms with Gasteiger partial charge in [-0.05, 0) is 25.0 Å². The Morgan fingerprint density at radius 3 is 3.16 bits per heavy atom. The Hall–Kier alpha value is -1.59. The van der Waals surface area contributed by atoms with E-state index in [1.54, 1.807) is 0 Å². The first kappa shape index (κ1) is 12.4. The molecule has 1 fully saturated rings. The van der Waals surface area contributed by atoms with Gasteiger partial charge >= 0.3 is 0 Å².